The van der Waals surface area contributed by atoms with Crippen LogP contribution in [-0.2, 0) is 4.74 Å². The first-order chi connectivity index (χ1) is 9.28. The number of benzene rings is 1. The Labute approximate surface area is 109 Å². The van der Waals surface area contributed by atoms with Crippen molar-refractivity contribution in [2.75, 3.05) is 13.7 Å². The average molecular weight is 263 g/mol. The number of aromatic nitrogens is 2. The molecule has 2 aromatic rings. The summed E-state index contributed by atoms with van der Waals surface area (Å²) in [6.07, 6.45) is 0.920. The molecule has 2 unspecified atom stereocenters. The molecule has 0 spiro atoms. The number of ether oxygens (including phenoxy) is 1. The van der Waals surface area contributed by atoms with Crippen LogP contribution < -0.4 is 5.32 Å². The van der Waals surface area contributed by atoms with Crippen molar-refractivity contribution < 1.29 is 13.7 Å². The smallest absolute Gasteiger partial charge is 0.244 e. The number of hydrogen-bond donors (Lipinski definition) is 1. The molecule has 0 radical (unpaired) electrons. The highest BCUT2D eigenvalue weighted by Gasteiger charge is 2.29. The molecule has 5 nitrogen and oxygen atoms in total. The van der Waals surface area contributed by atoms with Crippen LogP contribution in [0, 0.1) is 5.82 Å². The fourth-order valence-electron chi connectivity index (χ4n) is 2.20. The van der Waals surface area contributed by atoms with E-state index < -0.39 is 0 Å². The fraction of sp³-hybridized carbons (Fsp3) is 0.385. The average Bonchev–Trinajstić information content (AvgIpc) is 3.08. The molecule has 100 valence electrons. The third-order valence-electron chi connectivity index (χ3n) is 3.28. The van der Waals surface area contributed by atoms with Crippen LogP contribution >= 0.6 is 0 Å². The summed E-state index contributed by atoms with van der Waals surface area (Å²) in [6.45, 7) is 0.749. The maximum atomic E-state index is 13.6. The van der Waals surface area contributed by atoms with Crippen LogP contribution in [0.25, 0.3) is 11.4 Å². The molecule has 1 N–H and O–H groups in total. The third-order valence-corrected chi connectivity index (χ3v) is 3.28. The normalized spacial score (nSPS) is 22.8. The second kappa shape index (κ2) is 5.07. The Morgan fingerprint density at radius 2 is 2.26 bits per heavy atom. The minimum Gasteiger partial charge on any atom is -0.380 e. The lowest BCUT2D eigenvalue weighted by atomic mass is 10.2. The van der Waals surface area contributed by atoms with Crippen LogP contribution in [0.1, 0.15) is 18.4 Å². The minimum absolute atomic E-state index is 0.0297. The first-order valence-corrected chi connectivity index (χ1v) is 6.12. The third kappa shape index (κ3) is 2.36. The van der Waals surface area contributed by atoms with E-state index in [2.05, 4.69) is 15.5 Å². The van der Waals surface area contributed by atoms with Crippen molar-refractivity contribution in [2.45, 2.75) is 18.6 Å². The van der Waals surface area contributed by atoms with Crippen molar-refractivity contribution in [3.05, 3.63) is 36.0 Å². The molecule has 1 aliphatic heterocycles. The standard InChI is InChI=1S/C13H14FN3O2/c1-18-8-6-11(15-7-8)13-16-12(17-19-13)9-4-2-3-5-10(9)14/h2-5,8,11,15H,6-7H2,1H3. The maximum absolute atomic E-state index is 13.6. The van der Waals surface area contributed by atoms with Crippen molar-refractivity contribution in [1.29, 1.82) is 0 Å². The highest BCUT2D eigenvalue weighted by atomic mass is 19.1. The Kier molecular flexibility index (Phi) is 3.27. The van der Waals surface area contributed by atoms with Gasteiger partial charge in [0.05, 0.1) is 17.7 Å². The summed E-state index contributed by atoms with van der Waals surface area (Å²) < 4.78 is 24.1. The lowest BCUT2D eigenvalue weighted by Gasteiger charge is -2.04. The van der Waals surface area contributed by atoms with E-state index >= 15 is 0 Å². The molecule has 6 heteroatoms. The van der Waals surface area contributed by atoms with Gasteiger partial charge in [0.25, 0.3) is 0 Å². The van der Waals surface area contributed by atoms with E-state index in [0.29, 0.717) is 11.5 Å². The van der Waals surface area contributed by atoms with Gasteiger partial charge in [0.2, 0.25) is 11.7 Å². The van der Waals surface area contributed by atoms with Gasteiger partial charge in [0.1, 0.15) is 5.82 Å². The van der Waals surface area contributed by atoms with Gasteiger partial charge in [0, 0.05) is 13.7 Å². The Morgan fingerprint density at radius 3 is 3.00 bits per heavy atom. The molecule has 19 heavy (non-hydrogen) atoms. The van der Waals surface area contributed by atoms with E-state index in [-0.39, 0.29) is 23.8 Å². The van der Waals surface area contributed by atoms with Crippen LogP contribution in [0.3, 0.4) is 0 Å². The second-order valence-corrected chi connectivity index (χ2v) is 4.49. The lowest BCUT2D eigenvalue weighted by molar-refractivity contribution is 0.116. The van der Waals surface area contributed by atoms with Crippen molar-refractivity contribution in [3.8, 4) is 11.4 Å². The Morgan fingerprint density at radius 1 is 1.42 bits per heavy atom. The maximum Gasteiger partial charge on any atom is 0.244 e. The summed E-state index contributed by atoms with van der Waals surface area (Å²) in [6, 6.07) is 6.34. The summed E-state index contributed by atoms with van der Waals surface area (Å²) in [5.74, 6) is 0.387. The summed E-state index contributed by atoms with van der Waals surface area (Å²) in [7, 11) is 1.67. The van der Waals surface area contributed by atoms with Gasteiger partial charge in [-0.2, -0.15) is 4.98 Å². The van der Waals surface area contributed by atoms with Crippen LogP contribution in [0.15, 0.2) is 28.8 Å². The molecule has 0 aliphatic carbocycles. The van der Waals surface area contributed by atoms with Gasteiger partial charge in [0.15, 0.2) is 0 Å². The summed E-state index contributed by atoms with van der Waals surface area (Å²) >= 11 is 0. The zero-order chi connectivity index (χ0) is 13.2. The predicted octanol–water partition coefficient (Wildman–Crippen LogP) is 1.93. The summed E-state index contributed by atoms with van der Waals surface area (Å²) in [5.41, 5.74) is 0.346. The van der Waals surface area contributed by atoms with Crippen LogP contribution in [0.5, 0.6) is 0 Å². The Balaban J connectivity index is 1.82. The number of halogens is 1. The first-order valence-electron chi connectivity index (χ1n) is 6.12. The molecule has 1 fully saturated rings. The lowest BCUT2D eigenvalue weighted by Crippen LogP contribution is -2.16. The topological polar surface area (TPSA) is 60.2 Å². The molecule has 1 aliphatic rings. The van der Waals surface area contributed by atoms with E-state index in [4.69, 9.17) is 9.26 Å². The van der Waals surface area contributed by atoms with Crippen molar-refractivity contribution in [3.63, 3.8) is 0 Å². The number of rotatable bonds is 3. The molecule has 1 aromatic carbocycles. The minimum atomic E-state index is -0.357. The predicted molar refractivity (Wildman–Crippen MR) is 65.8 cm³/mol. The van der Waals surface area contributed by atoms with E-state index in [0.717, 1.165) is 13.0 Å². The van der Waals surface area contributed by atoms with E-state index in [9.17, 15) is 4.39 Å². The molecule has 3 rings (SSSR count). The quantitative estimate of drug-likeness (QED) is 0.916. The monoisotopic (exact) mass is 263 g/mol. The Bertz CT molecular complexity index is 573. The SMILES string of the molecule is COC1CNC(c2nc(-c3ccccc3F)no2)C1. The van der Waals surface area contributed by atoms with Gasteiger partial charge in [-0.1, -0.05) is 17.3 Å². The first kappa shape index (κ1) is 12.3. The highest BCUT2D eigenvalue weighted by molar-refractivity contribution is 5.54. The van der Waals surface area contributed by atoms with E-state index in [1.807, 2.05) is 0 Å². The molecular formula is C13H14FN3O2. The molecular weight excluding hydrogens is 249 g/mol. The largest absolute Gasteiger partial charge is 0.380 e. The molecule has 0 bridgehead atoms. The van der Waals surface area contributed by atoms with Crippen molar-refractivity contribution in [2.24, 2.45) is 0 Å². The summed E-state index contributed by atoms with van der Waals surface area (Å²) in [4.78, 5) is 4.26. The molecule has 1 saturated heterocycles. The van der Waals surface area contributed by atoms with Gasteiger partial charge in [-0.15, -0.1) is 0 Å². The Hall–Kier alpha value is -1.79. The van der Waals surface area contributed by atoms with Crippen LogP contribution in [-0.4, -0.2) is 29.9 Å². The zero-order valence-electron chi connectivity index (χ0n) is 10.5. The van der Waals surface area contributed by atoms with Crippen LogP contribution in [0.4, 0.5) is 4.39 Å². The molecule has 0 saturated carbocycles. The molecule has 2 atom stereocenters. The van der Waals surface area contributed by atoms with Gasteiger partial charge in [-0.3, -0.25) is 0 Å². The number of hydrogen-bond acceptors (Lipinski definition) is 5. The van der Waals surface area contributed by atoms with Crippen molar-refractivity contribution >= 4 is 0 Å². The van der Waals surface area contributed by atoms with Gasteiger partial charge in [-0.05, 0) is 18.6 Å². The highest BCUT2D eigenvalue weighted by Crippen LogP contribution is 2.26. The second-order valence-electron chi connectivity index (χ2n) is 4.49. The van der Waals surface area contributed by atoms with Gasteiger partial charge >= 0.3 is 0 Å². The van der Waals surface area contributed by atoms with E-state index in [1.165, 1.54) is 6.07 Å². The zero-order valence-corrected chi connectivity index (χ0v) is 10.5. The van der Waals surface area contributed by atoms with Gasteiger partial charge in [-0.25, -0.2) is 4.39 Å². The molecule has 2 heterocycles. The fourth-order valence-corrected chi connectivity index (χ4v) is 2.20. The van der Waals surface area contributed by atoms with Crippen molar-refractivity contribution in [1.82, 2.24) is 15.5 Å². The van der Waals surface area contributed by atoms with E-state index in [1.54, 1.807) is 25.3 Å². The number of nitrogens with one attached hydrogen (secondary N) is 1. The molecule has 1 aromatic heterocycles. The van der Waals surface area contributed by atoms with Crippen LogP contribution in [0.2, 0.25) is 0 Å². The number of nitrogens with zero attached hydrogens (tertiary/aromatic N) is 2. The number of methoxy groups -OCH3 is 1. The summed E-state index contributed by atoms with van der Waals surface area (Å²) in [5, 5.41) is 7.07. The van der Waals surface area contributed by atoms with Gasteiger partial charge < -0.3 is 14.6 Å². The molecule has 0 amide bonds.